The highest BCUT2D eigenvalue weighted by molar-refractivity contribution is 5.97. The third kappa shape index (κ3) is 6.72. The summed E-state index contributed by atoms with van der Waals surface area (Å²) < 4.78 is 10.8. The predicted octanol–water partition coefficient (Wildman–Crippen LogP) is 4.80. The van der Waals surface area contributed by atoms with Gasteiger partial charge in [-0.15, -0.1) is 0 Å². The quantitative estimate of drug-likeness (QED) is 0.423. The number of hydrogen-bond donors (Lipinski definition) is 0. The fourth-order valence-electron chi connectivity index (χ4n) is 3.61. The third-order valence-corrected chi connectivity index (χ3v) is 5.80. The van der Waals surface area contributed by atoms with Crippen LogP contribution in [0.5, 0.6) is 5.75 Å². The van der Waals surface area contributed by atoms with Crippen molar-refractivity contribution >= 4 is 11.8 Å². The summed E-state index contributed by atoms with van der Waals surface area (Å²) >= 11 is 0. The van der Waals surface area contributed by atoms with Crippen LogP contribution in [0.4, 0.5) is 0 Å². The zero-order chi connectivity index (χ0) is 23.6. The van der Waals surface area contributed by atoms with E-state index in [0.29, 0.717) is 30.2 Å². The van der Waals surface area contributed by atoms with Gasteiger partial charge in [0.1, 0.15) is 18.1 Å². The molecule has 1 heterocycles. The molecule has 0 bridgehead atoms. The average molecular weight is 449 g/mol. The van der Waals surface area contributed by atoms with E-state index in [9.17, 15) is 9.59 Å². The first-order valence-electron chi connectivity index (χ1n) is 11.3. The van der Waals surface area contributed by atoms with Crippen LogP contribution in [-0.2, 0) is 17.8 Å². The maximum atomic E-state index is 13.4. The maximum absolute atomic E-state index is 13.4. The summed E-state index contributed by atoms with van der Waals surface area (Å²) in [5.74, 6) is 1.03. The van der Waals surface area contributed by atoms with E-state index < -0.39 is 0 Å². The first-order valence-corrected chi connectivity index (χ1v) is 11.3. The molecule has 0 fully saturated rings. The lowest BCUT2D eigenvalue weighted by Gasteiger charge is -2.31. The highest BCUT2D eigenvalue weighted by atomic mass is 16.5. The number of carbonyl (C=O) groups is 2. The van der Waals surface area contributed by atoms with E-state index in [0.717, 1.165) is 18.4 Å². The summed E-state index contributed by atoms with van der Waals surface area (Å²) in [6, 6.07) is 20.7. The van der Waals surface area contributed by atoms with E-state index in [1.54, 1.807) is 47.4 Å². The Morgan fingerprint density at radius 1 is 1.03 bits per heavy atom. The topological polar surface area (TPSA) is 63.0 Å². The van der Waals surface area contributed by atoms with Crippen molar-refractivity contribution in [3.63, 3.8) is 0 Å². The van der Waals surface area contributed by atoms with Gasteiger partial charge in [-0.1, -0.05) is 43.3 Å². The predicted molar refractivity (Wildman–Crippen MR) is 128 cm³/mol. The van der Waals surface area contributed by atoms with Gasteiger partial charge in [-0.25, -0.2) is 0 Å². The molecule has 0 aliphatic heterocycles. The molecule has 0 radical (unpaired) electrons. The maximum Gasteiger partial charge on any atom is 0.254 e. The summed E-state index contributed by atoms with van der Waals surface area (Å²) in [6.45, 7) is 4.87. The lowest BCUT2D eigenvalue weighted by molar-refractivity contribution is -0.133. The van der Waals surface area contributed by atoms with E-state index in [1.165, 1.54) is 0 Å². The fourth-order valence-corrected chi connectivity index (χ4v) is 3.61. The van der Waals surface area contributed by atoms with Crippen LogP contribution in [-0.4, -0.2) is 47.9 Å². The highest BCUT2D eigenvalue weighted by Crippen LogP contribution is 2.18. The molecule has 1 atom stereocenters. The van der Waals surface area contributed by atoms with Crippen molar-refractivity contribution in [2.24, 2.45) is 0 Å². The van der Waals surface area contributed by atoms with Crippen LogP contribution in [0.1, 0.15) is 41.9 Å². The van der Waals surface area contributed by atoms with E-state index in [2.05, 4.69) is 0 Å². The molecule has 1 unspecified atom stereocenters. The standard InChI is InChI=1S/C27H32N2O4/c1-4-21(2)29(27(31)23-12-8-13-24(18-23)32-3)20-26(30)28(19-25-14-9-17-33-25)16-15-22-10-6-5-7-11-22/h5-14,17-18,21H,4,15-16,19-20H2,1-3H3. The minimum atomic E-state index is -0.183. The Balaban J connectivity index is 1.78. The average Bonchev–Trinajstić information content (AvgIpc) is 3.38. The molecule has 33 heavy (non-hydrogen) atoms. The largest absolute Gasteiger partial charge is 0.497 e. The molecule has 6 nitrogen and oxygen atoms in total. The number of furan rings is 1. The molecule has 0 aliphatic carbocycles. The number of nitrogens with zero attached hydrogens (tertiary/aromatic N) is 2. The van der Waals surface area contributed by atoms with Gasteiger partial charge in [0, 0.05) is 18.2 Å². The molecule has 0 saturated heterocycles. The molecule has 6 heteroatoms. The number of ether oxygens (including phenoxy) is 1. The van der Waals surface area contributed by atoms with Crippen LogP contribution >= 0.6 is 0 Å². The molecule has 3 aromatic rings. The van der Waals surface area contributed by atoms with Crippen LogP contribution in [0.3, 0.4) is 0 Å². The summed E-state index contributed by atoms with van der Waals surface area (Å²) in [5, 5.41) is 0. The monoisotopic (exact) mass is 448 g/mol. The van der Waals surface area contributed by atoms with Gasteiger partial charge >= 0.3 is 0 Å². The minimum Gasteiger partial charge on any atom is -0.497 e. The Morgan fingerprint density at radius 3 is 2.48 bits per heavy atom. The molecular weight excluding hydrogens is 416 g/mol. The van der Waals surface area contributed by atoms with Crippen molar-refractivity contribution in [1.82, 2.24) is 9.80 Å². The Bertz CT molecular complexity index is 1020. The number of amides is 2. The first kappa shape index (κ1) is 24.1. The van der Waals surface area contributed by atoms with Crippen molar-refractivity contribution in [3.05, 3.63) is 89.9 Å². The zero-order valence-electron chi connectivity index (χ0n) is 19.6. The van der Waals surface area contributed by atoms with Crippen LogP contribution in [0, 0.1) is 0 Å². The third-order valence-electron chi connectivity index (χ3n) is 5.80. The van der Waals surface area contributed by atoms with Gasteiger partial charge in [-0.05, 0) is 55.7 Å². The zero-order valence-corrected chi connectivity index (χ0v) is 19.6. The molecule has 2 aromatic carbocycles. The lowest BCUT2D eigenvalue weighted by atomic mass is 10.1. The number of hydrogen-bond acceptors (Lipinski definition) is 4. The molecule has 3 rings (SSSR count). The Hall–Kier alpha value is -3.54. The van der Waals surface area contributed by atoms with Crippen LogP contribution < -0.4 is 4.74 Å². The highest BCUT2D eigenvalue weighted by Gasteiger charge is 2.26. The summed E-state index contributed by atoms with van der Waals surface area (Å²) in [6.07, 6.45) is 3.07. The normalized spacial score (nSPS) is 11.6. The van der Waals surface area contributed by atoms with Gasteiger partial charge in [0.05, 0.1) is 19.9 Å². The second kappa shape index (κ2) is 11.9. The van der Waals surface area contributed by atoms with Crippen molar-refractivity contribution in [2.45, 2.75) is 39.3 Å². The number of rotatable bonds is 11. The Morgan fingerprint density at radius 2 is 1.82 bits per heavy atom. The lowest BCUT2D eigenvalue weighted by Crippen LogP contribution is -2.46. The van der Waals surface area contributed by atoms with Crippen molar-refractivity contribution in [3.8, 4) is 5.75 Å². The summed E-state index contributed by atoms with van der Waals surface area (Å²) in [7, 11) is 1.57. The molecule has 0 spiro atoms. The SMILES string of the molecule is CCC(C)N(CC(=O)N(CCc1ccccc1)Cc1ccco1)C(=O)c1cccc(OC)c1. The van der Waals surface area contributed by atoms with Crippen molar-refractivity contribution in [2.75, 3.05) is 20.2 Å². The first-order chi connectivity index (χ1) is 16.0. The van der Waals surface area contributed by atoms with Crippen molar-refractivity contribution in [1.29, 1.82) is 0 Å². The molecular formula is C27H32N2O4. The number of methoxy groups -OCH3 is 1. The molecule has 1 aromatic heterocycles. The van der Waals surface area contributed by atoms with E-state index in [-0.39, 0.29) is 24.4 Å². The van der Waals surface area contributed by atoms with E-state index in [4.69, 9.17) is 9.15 Å². The minimum absolute atomic E-state index is 0.000544. The van der Waals surface area contributed by atoms with Gasteiger partial charge in [-0.2, -0.15) is 0 Å². The molecule has 2 amide bonds. The fraction of sp³-hybridized carbons (Fsp3) is 0.333. The second-order valence-electron chi connectivity index (χ2n) is 8.05. The van der Waals surface area contributed by atoms with Gasteiger partial charge in [0.2, 0.25) is 5.91 Å². The van der Waals surface area contributed by atoms with Crippen LogP contribution in [0.2, 0.25) is 0 Å². The van der Waals surface area contributed by atoms with Crippen LogP contribution in [0.25, 0.3) is 0 Å². The smallest absolute Gasteiger partial charge is 0.254 e. The Kier molecular flexibility index (Phi) is 8.70. The molecule has 174 valence electrons. The number of benzene rings is 2. The van der Waals surface area contributed by atoms with Gasteiger partial charge in [-0.3, -0.25) is 9.59 Å². The second-order valence-corrected chi connectivity index (χ2v) is 8.05. The Labute approximate surface area is 195 Å². The van der Waals surface area contributed by atoms with Gasteiger partial charge < -0.3 is 19.0 Å². The summed E-state index contributed by atoms with van der Waals surface area (Å²) in [4.78, 5) is 30.2. The van der Waals surface area contributed by atoms with Gasteiger partial charge in [0.25, 0.3) is 5.91 Å². The van der Waals surface area contributed by atoms with Crippen molar-refractivity contribution < 1.29 is 18.7 Å². The molecule has 0 N–H and O–H groups in total. The molecule has 0 aliphatic rings. The number of carbonyl (C=O) groups excluding carboxylic acids is 2. The molecule has 0 saturated carbocycles. The van der Waals surface area contributed by atoms with E-state index >= 15 is 0 Å². The van der Waals surface area contributed by atoms with Crippen LogP contribution in [0.15, 0.2) is 77.4 Å². The van der Waals surface area contributed by atoms with E-state index in [1.807, 2.05) is 56.3 Å². The van der Waals surface area contributed by atoms with Gasteiger partial charge in [0.15, 0.2) is 0 Å². The summed E-state index contributed by atoms with van der Waals surface area (Å²) in [5.41, 5.74) is 1.66.